The minimum atomic E-state index is 0.692. The summed E-state index contributed by atoms with van der Waals surface area (Å²) in [5.74, 6) is 0. The zero-order chi connectivity index (χ0) is 10.7. The maximum Gasteiger partial charge on any atom is 0.0875 e. The molecule has 2 heteroatoms. The third kappa shape index (κ3) is 5.79. The average molecular weight is 178 g/mol. The molecule has 0 aromatic heterocycles. The van der Waals surface area contributed by atoms with Gasteiger partial charge in [-0.25, -0.2) is 0 Å². The molecule has 2 nitrogen and oxygen atoms in total. The molecule has 0 aliphatic rings. The van der Waals surface area contributed by atoms with Crippen LogP contribution in [-0.4, -0.2) is 18.5 Å². The normalized spacial score (nSPS) is 11.0. The van der Waals surface area contributed by atoms with Crippen LogP contribution < -0.4 is 0 Å². The van der Waals surface area contributed by atoms with Crippen molar-refractivity contribution >= 4 is 11.4 Å². The molecule has 0 N–H and O–H groups in total. The van der Waals surface area contributed by atoms with E-state index in [1.807, 2.05) is 13.8 Å². The van der Waals surface area contributed by atoms with Crippen molar-refractivity contribution in [2.75, 3.05) is 7.05 Å². The minimum Gasteiger partial charge on any atom is -0.286 e. The molecule has 0 fully saturated rings. The van der Waals surface area contributed by atoms with Crippen LogP contribution in [-0.2, 0) is 0 Å². The molecule has 13 heavy (non-hydrogen) atoms. The van der Waals surface area contributed by atoms with Crippen molar-refractivity contribution in [3.8, 4) is 0 Å². The molecule has 0 aromatic carbocycles. The summed E-state index contributed by atoms with van der Waals surface area (Å²) in [7, 11) is 1.68. The second-order valence-corrected chi connectivity index (χ2v) is 1.71. The summed E-state index contributed by atoms with van der Waals surface area (Å²) in [5, 5.41) is 0. The fraction of sp³-hybridized carbons (Fsp3) is 0.273. The van der Waals surface area contributed by atoms with Gasteiger partial charge in [-0.05, 0) is 12.2 Å². The Morgan fingerprint density at radius 2 is 1.46 bits per heavy atom. The van der Waals surface area contributed by atoms with Crippen molar-refractivity contribution in [2.45, 2.75) is 13.8 Å². The van der Waals surface area contributed by atoms with Gasteiger partial charge in [-0.3, -0.25) is 9.98 Å². The molecule has 0 amide bonds. The first-order valence-electron chi connectivity index (χ1n) is 4.20. The average Bonchev–Trinajstić information content (AvgIpc) is 2.21. The molecule has 0 saturated carbocycles. The van der Waals surface area contributed by atoms with Crippen molar-refractivity contribution < 1.29 is 0 Å². The van der Waals surface area contributed by atoms with Gasteiger partial charge in [0.05, 0.1) is 11.4 Å². The van der Waals surface area contributed by atoms with Crippen molar-refractivity contribution in [1.82, 2.24) is 0 Å². The fourth-order valence-electron chi connectivity index (χ4n) is 0.632. The molecule has 0 aromatic rings. The summed E-state index contributed by atoms with van der Waals surface area (Å²) >= 11 is 0. The maximum absolute atomic E-state index is 3.95. The number of aliphatic imine (C=N–C) groups is 2. The van der Waals surface area contributed by atoms with Crippen LogP contribution in [0, 0.1) is 0 Å². The van der Waals surface area contributed by atoms with E-state index in [0.29, 0.717) is 5.71 Å². The van der Waals surface area contributed by atoms with Gasteiger partial charge >= 0.3 is 0 Å². The highest BCUT2D eigenvalue weighted by Crippen LogP contribution is 1.88. The summed E-state index contributed by atoms with van der Waals surface area (Å²) < 4.78 is 0. The first-order valence-corrected chi connectivity index (χ1v) is 4.20. The van der Waals surface area contributed by atoms with Crippen molar-refractivity contribution in [1.29, 1.82) is 0 Å². The lowest BCUT2D eigenvalue weighted by Crippen LogP contribution is -2.07. The molecule has 0 saturated heterocycles. The highest BCUT2D eigenvalue weighted by Gasteiger charge is 1.96. The van der Waals surface area contributed by atoms with E-state index in [-0.39, 0.29) is 0 Å². The molecule has 0 heterocycles. The van der Waals surface area contributed by atoms with Gasteiger partial charge < -0.3 is 0 Å². The van der Waals surface area contributed by atoms with E-state index in [1.54, 1.807) is 19.2 Å². The number of allylic oxidation sites excluding steroid dienone is 2. The van der Waals surface area contributed by atoms with Crippen molar-refractivity contribution in [2.24, 2.45) is 9.98 Å². The molecule has 0 spiro atoms. The lowest BCUT2D eigenvalue weighted by Gasteiger charge is -1.96. The van der Waals surface area contributed by atoms with Crippen LogP contribution in [0.4, 0.5) is 0 Å². The topological polar surface area (TPSA) is 24.7 Å². The summed E-state index contributed by atoms with van der Waals surface area (Å²) in [6.07, 6.45) is 4.70. The fourth-order valence-corrected chi connectivity index (χ4v) is 0.632. The highest BCUT2D eigenvalue weighted by atomic mass is 14.8. The summed E-state index contributed by atoms with van der Waals surface area (Å²) in [6.45, 7) is 14.7. The molecule has 0 rings (SSSR count). The van der Waals surface area contributed by atoms with E-state index in [2.05, 4.69) is 29.7 Å². The first-order chi connectivity index (χ1) is 6.29. The Morgan fingerprint density at radius 1 is 1.00 bits per heavy atom. The highest BCUT2D eigenvalue weighted by molar-refractivity contribution is 6.50. The monoisotopic (exact) mass is 178 g/mol. The van der Waals surface area contributed by atoms with Crippen LogP contribution in [0.1, 0.15) is 13.8 Å². The largest absolute Gasteiger partial charge is 0.286 e. The summed E-state index contributed by atoms with van der Waals surface area (Å²) in [5.41, 5.74) is 1.41. The molecule has 0 aliphatic heterocycles. The third-order valence-corrected chi connectivity index (χ3v) is 1.12. The van der Waals surface area contributed by atoms with E-state index in [9.17, 15) is 0 Å². The van der Waals surface area contributed by atoms with Gasteiger partial charge in [-0.2, -0.15) is 0 Å². The molecule has 0 radical (unpaired) electrons. The SMILES string of the molecule is C=CN=C(C=C)C(C=C)=NC.CC. The molecule has 0 bridgehead atoms. The molecule has 0 unspecified atom stereocenters. The summed E-state index contributed by atoms with van der Waals surface area (Å²) in [4.78, 5) is 7.89. The lowest BCUT2D eigenvalue weighted by atomic mass is 10.2. The molecule has 0 aliphatic carbocycles. The Kier molecular flexibility index (Phi) is 11.5. The van der Waals surface area contributed by atoms with Crippen LogP contribution in [0.3, 0.4) is 0 Å². The molecular weight excluding hydrogens is 160 g/mol. The third-order valence-electron chi connectivity index (χ3n) is 1.12. The van der Waals surface area contributed by atoms with Gasteiger partial charge in [-0.15, -0.1) is 0 Å². The minimum absolute atomic E-state index is 0.692. The van der Waals surface area contributed by atoms with Gasteiger partial charge in [0.1, 0.15) is 0 Å². The summed E-state index contributed by atoms with van der Waals surface area (Å²) in [6, 6.07) is 0. The quantitative estimate of drug-likeness (QED) is 0.591. The molecular formula is C11H18N2. The lowest BCUT2D eigenvalue weighted by molar-refractivity contribution is 1.45. The molecule has 0 atom stereocenters. The Hall–Kier alpha value is -1.44. The van der Waals surface area contributed by atoms with Crippen molar-refractivity contribution in [3.63, 3.8) is 0 Å². The van der Waals surface area contributed by atoms with Crippen LogP contribution in [0.25, 0.3) is 0 Å². The first kappa shape index (κ1) is 14.1. The van der Waals surface area contributed by atoms with Crippen LogP contribution in [0.2, 0.25) is 0 Å². The Labute approximate surface area is 81.1 Å². The zero-order valence-electron chi connectivity index (χ0n) is 8.75. The van der Waals surface area contributed by atoms with Gasteiger partial charge in [0.25, 0.3) is 0 Å². The van der Waals surface area contributed by atoms with Gasteiger partial charge in [-0.1, -0.05) is 33.6 Å². The van der Waals surface area contributed by atoms with Crippen LogP contribution >= 0.6 is 0 Å². The number of hydrogen-bond donors (Lipinski definition) is 0. The van der Waals surface area contributed by atoms with Crippen molar-refractivity contribution in [3.05, 3.63) is 38.1 Å². The van der Waals surface area contributed by atoms with Gasteiger partial charge in [0, 0.05) is 13.2 Å². The Morgan fingerprint density at radius 3 is 1.69 bits per heavy atom. The Bertz CT molecular complexity index is 222. The predicted octanol–water partition coefficient (Wildman–Crippen LogP) is 3.04. The van der Waals surface area contributed by atoms with Gasteiger partial charge in [0.15, 0.2) is 0 Å². The van der Waals surface area contributed by atoms with E-state index in [4.69, 9.17) is 0 Å². The van der Waals surface area contributed by atoms with E-state index >= 15 is 0 Å². The standard InChI is InChI=1S/C9H12N2.C2H6/c1-5-8(10-4)9(6-2)11-7-3;1-2/h5-7H,1-3H2,4H3;1-2H3. The van der Waals surface area contributed by atoms with Gasteiger partial charge in [0.2, 0.25) is 0 Å². The molecule has 72 valence electrons. The zero-order valence-corrected chi connectivity index (χ0v) is 8.75. The van der Waals surface area contributed by atoms with E-state index in [1.165, 1.54) is 6.20 Å². The van der Waals surface area contributed by atoms with Crippen LogP contribution in [0.5, 0.6) is 0 Å². The maximum atomic E-state index is 3.95. The van der Waals surface area contributed by atoms with E-state index < -0.39 is 0 Å². The Balaban J connectivity index is 0. The smallest absolute Gasteiger partial charge is 0.0875 e. The van der Waals surface area contributed by atoms with E-state index in [0.717, 1.165) is 5.71 Å². The number of rotatable bonds is 4. The second-order valence-electron chi connectivity index (χ2n) is 1.71. The number of hydrogen-bond acceptors (Lipinski definition) is 2. The van der Waals surface area contributed by atoms with Crippen LogP contribution in [0.15, 0.2) is 48.1 Å². The predicted molar refractivity (Wildman–Crippen MR) is 62.7 cm³/mol. The number of nitrogens with zero attached hydrogens (tertiary/aromatic N) is 2. The second kappa shape index (κ2) is 10.6.